The molecule has 0 spiro atoms. The molecule has 0 atom stereocenters. The molecule has 154 valence electrons. The van der Waals surface area contributed by atoms with Gasteiger partial charge in [-0.25, -0.2) is 13.4 Å². The van der Waals surface area contributed by atoms with Crippen LogP contribution in [0, 0.1) is 0 Å². The van der Waals surface area contributed by atoms with E-state index >= 15 is 0 Å². The van der Waals surface area contributed by atoms with Gasteiger partial charge in [-0.3, -0.25) is 14.2 Å². The van der Waals surface area contributed by atoms with Crippen molar-refractivity contribution < 1.29 is 13.2 Å². The van der Waals surface area contributed by atoms with E-state index in [0.29, 0.717) is 49.1 Å². The summed E-state index contributed by atoms with van der Waals surface area (Å²) in [6.45, 7) is 1.80. The summed E-state index contributed by atoms with van der Waals surface area (Å²) in [6.07, 6.45) is 4.69. The highest BCUT2D eigenvalue weighted by Crippen LogP contribution is 2.38. The summed E-state index contributed by atoms with van der Waals surface area (Å²) in [5.41, 5.74) is 1.12. The quantitative estimate of drug-likeness (QED) is 0.826. The molecule has 1 aromatic carbocycles. The van der Waals surface area contributed by atoms with Gasteiger partial charge in [0.1, 0.15) is 5.82 Å². The predicted molar refractivity (Wildman–Crippen MR) is 108 cm³/mol. The van der Waals surface area contributed by atoms with E-state index in [9.17, 15) is 13.2 Å². The summed E-state index contributed by atoms with van der Waals surface area (Å²) in [5.74, 6) is 2.85. The number of amides is 1. The number of nitrogens with zero attached hydrogens (tertiary/aromatic N) is 4. The number of hydrogen-bond acceptors (Lipinski definition) is 5. The summed E-state index contributed by atoms with van der Waals surface area (Å²) in [5, 5.41) is 7.44. The van der Waals surface area contributed by atoms with Crippen molar-refractivity contribution in [2.45, 2.75) is 43.9 Å². The van der Waals surface area contributed by atoms with E-state index in [4.69, 9.17) is 0 Å². The monoisotopic (exact) mass is 415 g/mol. The number of carbonyl (C=O) groups excluding carboxylic acids is 1. The van der Waals surface area contributed by atoms with E-state index in [1.165, 1.54) is 17.1 Å². The van der Waals surface area contributed by atoms with Crippen molar-refractivity contribution >= 4 is 21.6 Å². The van der Waals surface area contributed by atoms with Crippen LogP contribution in [-0.4, -0.2) is 59.8 Å². The molecule has 1 saturated carbocycles. The molecule has 29 heavy (non-hydrogen) atoms. The number of nitrogens with one attached hydrogen (secondary N) is 1. The summed E-state index contributed by atoms with van der Waals surface area (Å²) in [7, 11) is -3.25. The molecule has 8 nitrogen and oxygen atoms in total. The fourth-order valence-corrected chi connectivity index (χ4v) is 5.81. The van der Waals surface area contributed by atoms with Crippen molar-refractivity contribution in [3.05, 3.63) is 41.5 Å². The molecule has 0 radical (unpaired) electrons. The van der Waals surface area contributed by atoms with E-state index < -0.39 is 10.0 Å². The number of carbonyl (C=O) groups is 1. The van der Waals surface area contributed by atoms with E-state index in [2.05, 4.69) is 15.2 Å². The lowest BCUT2D eigenvalue weighted by Gasteiger charge is -2.31. The minimum absolute atomic E-state index is 0.0434. The van der Waals surface area contributed by atoms with Gasteiger partial charge in [0.05, 0.1) is 11.4 Å². The van der Waals surface area contributed by atoms with Crippen molar-refractivity contribution in [2.24, 2.45) is 0 Å². The molecule has 2 saturated heterocycles. The van der Waals surface area contributed by atoms with Gasteiger partial charge in [-0.2, -0.15) is 5.10 Å². The van der Waals surface area contributed by atoms with Crippen LogP contribution in [0.5, 0.6) is 0 Å². The first-order valence-corrected chi connectivity index (χ1v) is 11.9. The van der Waals surface area contributed by atoms with E-state index in [-0.39, 0.29) is 11.7 Å². The Balaban J connectivity index is 1.25. The minimum atomic E-state index is -3.25. The number of aromatic nitrogens is 3. The Labute approximate surface area is 170 Å². The molecule has 2 aromatic rings. The Bertz CT molecular complexity index is 1020. The van der Waals surface area contributed by atoms with Crippen LogP contribution >= 0.6 is 0 Å². The summed E-state index contributed by atoms with van der Waals surface area (Å²) >= 11 is 0. The van der Waals surface area contributed by atoms with E-state index in [1.54, 1.807) is 24.3 Å². The van der Waals surface area contributed by atoms with Crippen LogP contribution in [0.15, 0.2) is 24.3 Å². The highest BCUT2D eigenvalue weighted by molar-refractivity contribution is 7.93. The van der Waals surface area contributed by atoms with Gasteiger partial charge in [0.15, 0.2) is 5.82 Å². The van der Waals surface area contributed by atoms with Crippen LogP contribution < -0.4 is 4.31 Å². The fraction of sp³-hybridized carbons (Fsp3) is 0.550. The average molecular weight is 416 g/mol. The molecule has 1 aromatic heterocycles. The van der Waals surface area contributed by atoms with Gasteiger partial charge in [0.2, 0.25) is 10.0 Å². The van der Waals surface area contributed by atoms with Crippen LogP contribution in [-0.2, 0) is 10.0 Å². The molecule has 2 aliphatic heterocycles. The highest BCUT2D eigenvalue weighted by Gasteiger charge is 2.32. The second-order valence-electron chi connectivity index (χ2n) is 8.21. The molecular formula is C20H25N5O3S. The number of H-pyrrole nitrogens is 1. The van der Waals surface area contributed by atoms with E-state index in [1.807, 2.05) is 4.90 Å². The van der Waals surface area contributed by atoms with Crippen LogP contribution in [0.2, 0.25) is 0 Å². The number of sulfonamides is 1. The van der Waals surface area contributed by atoms with Crippen LogP contribution in [0.1, 0.15) is 65.9 Å². The Morgan fingerprint density at radius 2 is 1.86 bits per heavy atom. The van der Waals surface area contributed by atoms with Crippen LogP contribution in [0.3, 0.4) is 0 Å². The third kappa shape index (κ3) is 3.63. The first kappa shape index (κ1) is 18.6. The Hall–Kier alpha value is -2.42. The molecule has 5 rings (SSSR count). The lowest BCUT2D eigenvalue weighted by molar-refractivity contribution is 0.0711. The standard InChI is InChI=1S/C20H25N5O3S/c26-20(16-3-1-4-17(13-16)25-9-2-12-29(25,27)28)24-10-7-15(8-11-24)19-21-18(22-23-19)14-5-6-14/h1,3-4,13-15H,2,5-12H2,(H,21,22,23). The van der Waals surface area contributed by atoms with Gasteiger partial charge < -0.3 is 4.90 Å². The minimum Gasteiger partial charge on any atom is -0.339 e. The molecule has 3 aliphatic rings. The summed E-state index contributed by atoms with van der Waals surface area (Å²) in [4.78, 5) is 19.5. The molecule has 1 amide bonds. The van der Waals surface area contributed by atoms with Crippen LogP contribution in [0.4, 0.5) is 5.69 Å². The van der Waals surface area contributed by atoms with Crippen LogP contribution in [0.25, 0.3) is 0 Å². The molecular weight excluding hydrogens is 390 g/mol. The van der Waals surface area contributed by atoms with Crippen molar-refractivity contribution in [1.29, 1.82) is 0 Å². The SMILES string of the molecule is O=C(c1cccc(N2CCCS2(=O)=O)c1)N1CCC(c2nc(C3CC3)n[nH]2)CC1. The predicted octanol–water partition coefficient (Wildman–Crippen LogP) is 2.24. The largest absolute Gasteiger partial charge is 0.339 e. The number of rotatable bonds is 4. The number of piperidine rings is 1. The molecule has 1 N–H and O–H groups in total. The lowest BCUT2D eigenvalue weighted by atomic mass is 9.95. The zero-order valence-corrected chi connectivity index (χ0v) is 17.1. The first-order chi connectivity index (χ1) is 14.0. The molecule has 0 unspecified atom stereocenters. The zero-order chi connectivity index (χ0) is 20.0. The average Bonchev–Trinajstić information content (AvgIpc) is 3.35. The first-order valence-electron chi connectivity index (χ1n) is 10.3. The maximum atomic E-state index is 13.0. The van der Waals surface area contributed by atoms with E-state index in [0.717, 1.165) is 24.5 Å². The molecule has 3 fully saturated rings. The molecule has 0 bridgehead atoms. The lowest BCUT2D eigenvalue weighted by Crippen LogP contribution is -2.38. The summed E-state index contributed by atoms with van der Waals surface area (Å²) in [6, 6.07) is 6.99. The third-order valence-corrected chi connectivity index (χ3v) is 7.98. The third-order valence-electron chi connectivity index (χ3n) is 6.11. The van der Waals surface area contributed by atoms with Gasteiger partial charge >= 0.3 is 0 Å². The maximum absolute atomic E-state index is 13.0. The van der Waals surface area contributed by atoms with Crippen molar-refractivity contribution in [3.63, 3.8) is 0 Å². The van der Waals surface area contributed by atoms with Gasteiger partial charge in [0, 0.05) is 37.0 Å². The number of hydrogen-bond donors (Lipinski definition) is 1. The highest BCUT2D eigenvalue weighted by atomic mass is 32.2. The normalized spacial score (nSPS) is 22.2. The number of aromatic amines is 1. The molecule has 3 heterocycles. The second-order valence-corrected chi connectivity index (χ2v) is 10.2. The summed E-state index contributed by atoms with van der Waals surface area (Å²) < 4.78 is 25.8. The van der Waals surface area contributed by atoms with Gasteiger partial charge in [-0.05, 0) is 50.3 Å². The maximum Gasteiger partial charge on any atom is 0.253 e. The number of likely N-dealkylation sites (tertiary alicyclic amines) is 1. The number of benzene rings is 1. The molecule has 9 heteroatoms. The van der Waals surface area contributed by atoms with Crippen molar-refractivity contribution in [2.75, 3.05) is 29.7 Å². The molecule has 1 aliphatic carbocycles. The van der Waals surface area contributed by atoms with Gasteiger partial charge in [-0.1, -0.05) is 6.07 Å². The number of anilines is 1. The van der Waals surface area contributed by atoms with Gasteiger partial charge in [-0.15, -0.1) is 0 Å². The van der Waals surface area contributed by atoms with Gasteiger partial charge in [0.25, 0.3) is 5.91 Å². The topological polar surface area (TPSA) is 99.3 Å². The zero-order valence-electron chi connectivity index (χ0n) is 16.2. The smallest absolute Gasteiger partial charge is 0.253 e. The Kier molecular flexibility index (Phi) is 4.57. The van der Waals surface area contributed by atoms with Crippen molar-refractivity contribution in [1.82, 2.24) is 20.1 Å². The van der Waals surface area contributed by atoms with Crippen molar-refractivity contribution in [3.8, 4) is 0 Å². The fourth-order valence-electron chi connectivity index (χ4n) is 4.26. The second kappa shape index (κ2) is 7.12. The Morgan fingerprint density at radius 1 is 1.07 bits per heavy atom. The Morgan fingerprint density at radius 3 is 2.55 bits per heavy atom.